The average molecular weight is 665 g/mol. The van der Waals surface area contributed by atoms with Crippen LogP contribution in [-0.4, -0.2) is 18.7 Å². The monoisotopic (exact) mass is 664 g/mol. The number of fused-ring (bicyclic) bond motifs is 12. The lowest BCUT2D eigenvalue weighted by atomic mass is 10.1. The number of para-hydroxylation sites is 4. The van der Waals surface area contributed by atoms with Gasteiger partial charge in [-0.1, -0.05) is 72.8 Å². The maximum Gasteiger partial charge on any atom is 0.153 e. The molecule has 0 aliphatic rings. The molecular weight excluding hydrogens is 637 g/mol. The molecule has 5 aromatic heterocycles. The fourth-order valence-electron chi connectivity index (χ4n) is 8.72. The van der Waals surface area contributed by atoms with Gasteiger partial charge in [-0.25, -0.2) is 0 Å². The molecule has 0 saturated carbocycles. The normalized spacial score (nSPS) is 12.2. The van der Waals surface area contributed by atoms with E-state index in [1.54, 1.807) is 6.20 Å². The Morgan fingerprint density at radius 1 is 0.327 bits per heavy atom. The van der Waals surface area contributed by atoms with Crippen molar-refractivity contribution in [2.24, 2.45) is 0 Å². The number of aromatic nitrogens is 4. The maximum atomic E-state index is 6.26. The second kappa shape index (κ2) is 10.2. The highest BCUT2D eigenvalue weighted by molar-refractivity contribution is 6.14. The van der Waals surface area contributed by atoms with E-state index in [0.717, 1.165) is 50.0 Å². The number of benzene rings is 7. The number of hydrogen-bond donors (Lipinski definition) is 0. The predicted molar refractivity (Wildman–Crippen MR) is 215 cm³/mol. The number of pyridine rings is 1. The van der Waals surface area contributed by atoms with Crippen LogP contribution in [0.2, 0.25) is 0 Å². The molecule has 0 amide bonds. The Morgan fingerprint density at radius 2 is 0.731 bits per heavy atom. The van der Waals surface area contributed by atoms with Gasteiger partial charge in [0, 0.05) is 72.4 Å². The van der Waals surface area contributed by atoms with Crippen molar-refractivity contribution >= 4 is 87.4 Å². The zero-order chi connectivity index (χ0) is 33.9. The highest BCUT2D eigenvalue weighted by Gasteiger charge is 2.19. The second-order valence-electron chi connectivity index (χ2n) is 13.6. The molecule has 0 aliphatic heterocycles. The van der Waals surface area contributed by atoms with Crippen molar-refractivity contribution in [2.75, 3.05) is 0 Å². The van der Waals surface area contributed by atoms with E-state index in [1.165, 1.54) is 54.4 Å². The Morgan fingerprint density at radius 3 is 1.25 bits per heavy atom. The molecule has 0 bridgehead atoms. The summed E-state index contributed by atoms with van der Waals surface area (Å²) in [5.41, 5.74) is 12.1. The van der Waals surface area contributed by atoms with Crippen molar-refractivity contribution in [1.29, 1.82) is 0 Å². The first-order chi connectivity index (χ1) is 25.8. The van der Waals surface area contributed by atoms with Gasteiger partial charge in [-0.2, -0.15) is 0 Å². The van der Waals surface area contributed by atoms with E-state index >= 15 is 0 Å². The topological polar surface area (TPSA) is 40.8 Å². The first-order valence-electron chi connectivity index (χ1n) is 17.6. The van der Waals surface area contributed by atoms with Gasteiger partial charge in [0.2, 0.25) is 0 Å². The molecule has 5 nitrogen and oxygen atoms in total. The van der Waals surface area contributed by atoms with E-state index in [0.29, 0.717) is 0 Å². The molecular formula is C47H28N4O. The van der Waals surface area contributed by atoms with Crippen molar-refractivity contribution in [1.82, 2.24) is 18.7 Å². The molecule has 0 fully saturated rings. The minimum atomic E-state index is 0.801. The molecule has 0 N–H and O–H groups in total. The van der Waals surface area contributed by atoms with Gasteiger partial charge in [0.25, 0.3) is 0 Å². The summed E-state index contributed by atoms with van der Waals surface area (Å²) in [6.45, 7) is 0. The number of rotatable bonds is 3. The summed E-state index contributed by atoms with van der Waals surface area (Å²) in [5.74, 6) is 0. The van der Waals surface area contributed by atoms with Crippen LogP contribution < -0.4 is 0 Å². The zero-order valence-corrected chi connectivity index (χ0v) is 27.9. The summed E-state index contributed by atoms with van der Waals surface area (Å²) in [5, 5.41) is 9.58. The molecule has 0 unspecified atom stereocenters. The summed E-state index contributed by atoms with van der Waals surface area (Å²) >= 11 is 0. The van der Waals surface area contributed by atoms with Crippen molar-refractivity contribution in [3.8, 4) is 17.1 Å². The standard InChI is InChI=1S/C47H28N4O/c1-5-13-40-32(9-1)33-10-2-6-14-41(33)49(40)29-18-21-44-38(25-29)34-11-3-7-15-42(34)50(44)30-19-22-45-39(26-30)35-12-4-8-16-43(35)51(45)31-17-20-36-37-23-24-48-28-47(37)52-46(36)27-31/h1-28H. The Hall–Kier alpha value is -7.11. The van der Waals surface area contributed by atoms with Crippen LogP contribution in [0.25, 0.3) is 104 Å². The highest BCUT2D eigenvalue weighted by atomic mass is 16.3. The minimum Gasteiger partial charge on any atom is -0.454 e. The molecule has 52 heavy (non-hydrogen) atoms. The van der Waals surface area contributed by atoms with Gasteiger partial charge in [-0.15, -0.1) is 0 Å². The molecule has 7 aromatic carbocycles. The third-order valence-electron chi connectivity index (χ3n) is 10.9. The predicted octanol–water partition coefficient (Wildman–Crippen LogP) is 12.3. The van der Waals surface area contributed by atoms with Crippen LogP contribution in [0.4, 0.5) is 0 Å². The van der Waals surface area contributed by atoms with E-state index in [1.807, 2.05) is 12.3 Å². The average Bonchev–Trinajstić information content (AvgIpc) is 3.93. The van der Waals surface area contributed by atoms with Gasteiger partial charge < -0.3 is 18.1 Å². The molecule has 0 spiro atoms. The summed E-state index contributed by atoms with van der Waals surface area (Å²) < 4.78 is 13.4. The lowest BCUT2D eigenvalue weighted by Crippen LogP contribution is -1.96. The number of nitrogens with zero attached hydrogens (tertiary/aromatic N) is 4. The lowest BCUT2D eigenvalue weighted by Gasteiger charge is -2.11. The van der Waals surface area contributed by atoms with Crippen LogP contribution in [0, 0.1) is 0 Å². The van der Waals surface area contributed by atoms with E-state index in [4.69, 9.17) is 4.42 Å². The van der Waals surface area contributed by atoms with E-state index in [2.05, 4.69) is 170 Å². The lowest BCUT2D eigenvalue weighted by molar-refractivity contribution is 0.666. The first kappa shape index (κ1) is 27.7. The Labute approximate surface area is 296 Å². The number of hydrogen-bond acceptors (Lipinski definition) is 2. The number of furan rings is 1. The van der Waals surface area contributed by atoms with Crippen LogP contribution >= 0.6 is 0 Å². The SMILES string of the molecule is c1ccc2c(c1)c1ccccc1n2-c1ccc2c(c1)c1ccccc1n2-c1ccc2c(c1)c1ccccc1n2-c1ccc2c(c1)oc1cnccc12. The molecule has 0 radical (unpaired) electrons. The van der Waals surface area contributed by atoms with Crippen molar-refractivity contribution < 1.29 is 4.42 Å². The highest BCUT2D eigenvalue weighted by Crippen LogP contribution is 2.40. The molecule has 12 rings (SSSR count). The summed E-state index contributed by atoms with van der Waals surface area (Å²) in [7, 11) is 0. The third kappa shape index (κ3) is 3.69. The summed E-state index contributed by atoms with van der Waals surface area (Å²) in [4.78, 5) is 4.26. The molecule has 242 valence electrons. The fourth-order valence-corrected chi connectivity index (χ4v) is 8.72. The minimum absolute atomic E-state index is 0.801. The Bertz CT molecular complexity index is 3370. The van der Waals surface area contributed by atoms with Gasteiger partial charge in [0.05, 0.1) is 39.3 Å². The molecule has 5 heteroatoms. The van der Waals surface area contributed by atoms with E-state index < -0.39 is 0 Å². The summed E-state index contributed by atoms with van der Waals surface area (Å²) in [6.07, 6.45) is 3.61. The van der Waals surface area contributed by atoms with Gasteiger partial charge in [0.15, 0.2) is 5.58 Å². The third-order valence-corrected chi connectivity index (χ3v) is 10.9. The van der Waals surface area contributed by atoms with E-state index in [9.17, 15) is 0 Å². The van der Waals surface area contributed by atoms with Gasteiger partial charge in [0.1, 0.15) is 5.58 Å². The smallest absolute Gasteiger partial charge is 0.153 e. The van der Waals surface area contributed by atoms with Crippen molar-refractivity contribution in [3.63, 3.8) is 0 Å². The van der Waals surface area contributed by atoms with Crippen LogP contribution in [0.15, 0.2) is 175 Å². The Kier molecular flexibility index (Phi) is 5.44. The first-order valence-corrected chi connectivity index (χ1v) is 17.6. The molecule has 0 atom stereocenters. The second-order valence-corrected chi connectivity index (χ2v) is 13.6. The van der Waals surface area contributed by atoms with Crippen LogP contribution in [0.5, 0.6) is 0 Å². The summed E-state index contributed by atoms with van der Waals surface area (Å²) in [6, 6.07) is 57.2. The molecule has 5 heterocycles. The molecule has 0 aliphatic carbocycles. The quantitative estimate of drug-likeness (QED) is 0.189. The van der Waals surface area contributed by atoms with Crippen LogP contribution in [-0.2, 0) is 0 Å². The van der Waals surface area contributed by atoms with Crippen molar-refractivity contribution in [2.45, 2.75) is 0 Å². The molecule has 12 aromatic rings. The van der Waals surface area contributed by atoms with Crippen LogP contribution in [0.3, 0.4) is 0 Å². The largest absolute Gasteiger partial charge is 0.454 e. The van der Waals surface area contributed by atoms with Gasteiger partial charge in [-0.3, -0.25) is 4.98 Å². The van der Waals surface area contributed by atoms with Gasteiger partial charge in [-0.05, 0) is 78.9 Å². The van der Waals surface area contributed by atoms with Crippen molar-refractivity contribution in [3.05, 3.63) is 170 Å². The Balaban J connectivity index is 1.08. The fraction of sp³-hybridized carbons (Fsp3) is 0. The maximum absolute atomic E-state index is 6.26. The zero-order valence-electron chi connectivity index (χ0n) is 27.9. The molecule has 0 saturated heterocycles. The van der Waals surface area contributed by atoms with Crippen LogP contribution in [0.1, 0.15) is 0 Å². The van der Waals surface area contributed by atoms with Gasteiger partial charge >= 0.3 is 0 Å². The van der Waals surface area contributed by atoms with E-state index in [-0.39, 0.29) is 0 Å².